The van der Waals surface area contributed by atoms with Crippen molar-refractivity contribution >= 4 is 23.2 Å². The molecule has 0 saturated carbocycles. The lowest BCUT2D eigenvalue weighted by Crippen LogP contribution is -2.31. The van der Waals surface area contributed by atoms with Crippen LogP contribution in [0.15, 0.2) is 49.8 Å². The van der Waals surface area contributed by atoms with Crippen LogP contribution in [0.2, 0.25) is 10.0 Å². The third-order valence-electron chi connectivity index (χ3n) is 3.59. The van der Waals surface area contributed by atoms with E-state index in [1.807, 2.05) is 0 Å². The monoisotopic (exact) mass is 380 g/mol. The van der Waals surface area contributed by atoms with Gasteiger partial charge in [-0.2, -0.15) is 0 Å². The molecular formula is C15H10Cl2N4O4. The minimum Gasteiger partial charge on any atom is -0.314 e. The maximum Gasteiger partial charge on any atom is 0.325 e. The molecule has 10 heteroatoms. The molecular weight excluding hydrogens is 371 g/mol. The van der Waals surface area contributed by atoms with E-state index >= 15 is 0 Å². The first-order valence-electron chi connectivity index (χ1n) is 6.95. The van der Waals surface area contributed by atoms with E-state index in [0.717, 1.165) is 0 Å². The first kappa shape index (κ1) is 17.0. The van der Waals surface area contributed by atoms with Gasteiger partial charge in [-0.05, 0) is 17.7 Å². The van der Waals surface area contributed by atoms with Crippen LogP contribution in [0.5, 0.6) is 0 Å². The summed E-state index contributed by atoms with van der Waals surface area (Å²) in [7, 11) is 0. The van der Waals surface area contributed by atoms with Gasteiger partial charge in [-0.3, -0.25) is 19.6 Å². The van der Waals surface area contributed by atoms with Crippen molar-refractivity contribution in [1.82, 2.24) is 19.9 Å². The molecule has 0 aliphatic carbocycles. The topological polar surface area (TPSA) is 131 Å². The molecule has 0 radical (unpaired) electrons. The Morgan fingerprint density at radius 1 is 0.760 bits per heavy atom. The summed E-state index contributed by atoms with van der Waals surface area (Å²) in [6, 6.07) is 4.57. The van der Waals surface area contributed by atoms with E-state index in [-0.39, 0.29) is 16.1 Å². The van der Waals surface area contributed by atoms with Crippen molar-refractivity contribution in [2.45, 2.75) is 5.92 Å². The lowest BCUT2D eigenvalue weighted by molar-refractivity contribution is 0.858. The van der Waals surface area contributed by atoms with E-state index in [9.17, 15) is 19.2 Å². The summed E-state index contributed by atoms with van der Waals surface area (Å²) in [6.45, 7) is 0. The van der Waals surface area contributed by atoms with Crippen molar-refractivity contribution in [3.05, 3.63) is 99.0 Å². The van der Waals surface area contributed by atoms with E-state index < -0.39 is 28.4 Å². The highest BCUT2D eigenvalue weighted by molar-refractivity contribution is 6.35. The van der Waals surface area contributed by atoms with Crippen molar-refractivity contribution < 1.29 is 0 Å². The molecule has 3 aromatic rings. The Kier molecular flexibility index (Phi) is 4.47. The molecule has 0 bridgehead atoms. The second kappa shape index (κ2) is 6.58. The summed E-state index contributed by atoms with van der Waals surface area (Å²) in [5.41, 5.74) is -2.21. The Morgan fingerprint density at radius 3 is 1.72 bits per heavy atom. The average molecular weight is 381 g/mol. The largest absolute Gasteiger partial charge is 0.325 e. The zero-order valence-electron chi connectivity index (χ0n) is 12.4. The number of benzene rings is 1. The van der Waals surface area contributed by atoms with Crippen molar-refractivity contribution in [2.24, 2.45) is 0 Å². The molecule has 1 aromatic carbocycles. The molecule has 0 aliphatic rings. The van der Waals surface area contributed by atoms with Gasteiger partial charge in [0.15, 0.2) is 0 Å². The third kappa shape index (κ3) is 3.35. The van der Waals surface area contributed by atoms with Crippen LogP contribution in [0.4, 0.5) is 0 Å². The molecule has 2 heterocycles. The predicted octanol–water partition coefficient (Wildman–Crippen LogP) is 0.927. The number of H-pyrrole nitrogens is 4. The summed E-state index contributed by atoms with van der Waals surface area (Å²) in [5, 5.41) is 0.590. The molecule has 0 unspecified atom stereocenters. The van der Waals surface area contributed by atoms with Gasteiger partial charge in [0.2, 0.25) is 0 Å². The minimum atomic E-state index is -0.939. The van der Waals surface area contributed by atoms with Crippen LogP contribution in [-0.2, 0) is 0 Å². The highest BCUT2D eigenvalue weighted by atomic mass is 35.5. The van der Waals surface area contributed by atoms with E-state index in [0.29, 0.717) is 10.6 Å². The summed E-state index contributed by atoms with van der Waals surface area (Å²) < 4.78 is 0. The second-order valence-electron chi connectivity index (χ2n) is 5.15. The third-order valence-corrected chi connectivity index (χ3v) is 4.15. The predicted molar refractivity (Wildman–Crippen MR) is 92.8 cm³/mol. The van der Waals surface area contributed by atoms with E-state index in [1.54, 1.807) is 12.1 Å². The second-order valence-corrected chi connectivity index (χ2v) is 6.00. The molecule has 128 valence electrons. The fraction of sp³-hybridized carbons (Fsp3) is 0.0667. The Bertz CT molecular complexity index is 1110. The van der Waals surface area contributed by atoms with Gasteiger partial charge in [0.1, 0.15) is 0 Å². The number of halogens is 2. The first-order chi connectivity index (χ1) is 11.9. The Morgan fingerprint density at radius 2 is 1.28 bits per heavy atom. The van der Waals surface area contributed by atoms with Gasteiger partial charge < -0.3 is 9.97 Å². The summed E-state index contributed by atoms with van der Waals surface area (Å²) in [4.78, 5) is 56.0. The number of hydrogen-bond acceptors (Lipinski definition) is 4. The number of aromatic nitrogens is 4. The van der Waals surface area contributed by atoms with Crippen LogP contribution >= 0.6 is 23.2 Å². The van der Waals surface area contributed by atoms with Gasteiger partial charge in [-0.25, -0.2) is 9.59 Å². The standard InChI is InChI=1S/C15H10Cl2N4O4/c16-6-1-2-7(10(17)3-6)11(8-4-18-14(24)20-12(8)22)9-5-19-15(25)21-13(9)23/h1-5,11H,(H2,18,20,22,24)(H2,19,21,23,25). The minimum absolute atomic E-state index is 0.0707. The molecule has 0 amide bonds. The van der Waals surface area contributed by atoms with Gasteiger partial charge in [0, 0.05) is 39.5 Å². The van der Waals surface area contributed by atoms with Crippen molar-refractivity contribution in [1.29, 1.82) is 0 Å². The fourth-order valence-corrected chi connectivity index (χ4v) is 3.03. The molecule has 0 fully saturated rings. The van der Waals surface area contributed by atoms with E-state index in [1.165, 1.54) is 18.5 Å². The van der Waals surface area contributed by atoms with E-state index in [4.69, 9.17) is 23.2 Å². The van der Waals surface area contributed by atoms with Crippen molar-refractivity contribution in [3.8, 4) is 0 Å². The lowest BCUT2D eigenvalue weighted by Gasteiger charge is -2.17. The Labute approximate surface area is 148 Å². The van der Waals surface area contributed by atoms with E-state index in [2.05, 4.69) is 19.9 Å². The van der Waals surface area contributed by atoms with Crippen molar-refractivity contribution in [2.75, 3.05) is 0 Å². The Hall–Kier alpha value is -2.84. The van der Waals surface area contributed by atoms with Crippen LogP contribution in [0.3, 0.4) is 0 Å². The van der Waals surface area contributed by atoms with Crippen molar-refractivity contribution in [3.63, 3.8) is 0 Å². The molecule has 0 aliphatic heterocycles. The van der Waals surface area contributed by atoms with Crippen LogP contribution in [0.1, 0.15) is 22.6 Å². The molecule has 0 atom stereocenters. The molecule has 4 N–H and O–H groups in total. The first-order valence-corrected chi connectivity index (χ1v) is 7.71. The highest BCUT2D eigenvalue weighted by Gasteiger charge is 2.25. The Balaban J connectivity index is 2.35. The number of aromatic amines is 4. The van der Waals surface area contributed by atoms with Gasteiger partial charge in [0.05, 0.1) is 0 Å². The maximum atomic E-state index is 12.3. The van der Waals surface area contributed by atoms with Gasteiger partial charge >= 0.3 is 11.4 Å². The average Bonchev–Trinajstić information content (AvgIpc) is 2.52. The highest BCUT2D eigenvalue weighted by Crippen LogP contribution is 2.33. The van der Waals surface area contributed by atoms with Gasteiger partial charge in [-0.15, -0.1) is 0 Å². The summed E-state index contributed by atoms with van der Waals surface area (Å²) in [6.07, 6.45) is 2.39. The molecule has 3 rings (SSSR count). The number of nitrogens with one attached hydrogen (secondary N) is 4. The summed E-state index contributed by atoms with van der Waals surface area (Å²) >= 11 is 12.1. The zero-order chi connectivity index (χ0) is 18.1. The number of hydrogen-bond donors (Lipinski definition) is 4. The normalized spacial score (nSPS) is 11.0. The smallest absolute Gasteiger partial charge is 0.314 e. The molecule has 0 spiro atoms. The van der Waals surface area contributed by atoms with Crippen LogP contribution < -0.4 is 22.5 Å². The zero-order valence-corrected chi connectivity index (χ0v) is 13.9. The van der Waals surface area contributed by atoms with Crippen LogP contribution in [-0.4, -0.2) is 19.9 Å². The number of rotatable bonds is 3. The maximum absolute atomic E-state index is 12.3. The quantitative estimate of drug-likeness (QED) is 0.537. The van der Waals surface area contributed by atoms with Crippen LogP contribution in [0.25, 0.3) is 0 Å². The molecule has 2 aromatic heterocycles. The summed E-state index contributed by atoms with van der Waals surface area (Å²) in [5.74, 6) is -0.939. The SMILES string of the molecule is O=c1[nH]cc(C(c2ccc(Cl)cc2Cl)c2c[nH]c(=O)[nH]c2=O)c(=O)[nH]1. The molecule has 25 heavy (non-hydrogen) atoms. The van der Waals surface area contributed by atoms with Gasteiger partial charge in [0.25, 0.3) is 11.1 Å². The molecule has 0 saturated heterocycles. The molecule has 8 nitrogen and oxygen atoms in total. The lowest BCUT2D eigenvalue weighted by atomic mass is 9.87. The fourth-order valence-electron chi connectivity index (χ4n) is 2.51. The van der Waals surface area contributed by atoms with Gasteiger partial charge in [-0.1, -0.05) is 29.3 Å². The van der Waals surface area contributed by atoms with Crippen LogP contribution in [0, 0.1) is 0 Å².